The van der Waals surface area contributed by atoms with Crippen molar-refractivity contribution >= 4 is 16.7 Å². The lowest BCUT2D eigenvalue weighted by molar-refractivity contribution is 0.103. The number of benzene rings is 3. The molecular formula is C27H23NO4. The number of nitrogens with zero attached hydrogens (tertiary/aromatic N) is 1. The highest BCUT2D eigenvalue weighted by atomic mass is 16.7. The molecule has 32 heavy (non-hydrogen) atoms. The summed E-state index contributed by atoms with van der Waals surface area (Å²) in [5.74, 6) is 0.838. The molecule has 5 heteroatoms. The first kappa shape index (κ1) is 20.1. The van der Waals surface area contributed by atoms with Gasteiger partial charge in [-0.2, -0.15) is 0 Å². The summed E-state index contributed by atoms with van der Waals surface area (Å²) in [6.07, 6.45) is 1.67. The Labute approximate surface area is 185 Å². The van der Waals surface area contributed by atoms with E-state index in [9.17, 15) is 9.59 Å². The summed E-state index contributed by atoms with van der Waals surface area (Å²) in [5.41, 5.74) is 5.41. The topological polar surface area (TPSA) is 57.5 Å². The van der Waals surface area contributed by atoms with Crippen LogP contribution >= 0.6 is 0 Å². The van der Waals surface area contributed by atoms with Gasteiger partial charge in [0, 0.05) is 24.4 Å². The van der Waals surface area contributed by atoms with Crippen molar-refractivity contribution in [2.24, 2.45) is 0 Å². The van der Waals surface area contributed by atoms with E-state index in [1.165, 1.54) is 5.56 Å². The number of hydrogen-bond acceptors (Lipinski definition) is 4. The largest absolute Gasteiger partial charge is 0.454 e. The smallest absolute Gasteiger partial charge is 0.231 e. The number of pyridine rings is 1. The Balaban J connectivity index is 1.70. The number of carbonyl (C=O) groups is 1. The van der Waals surface area contributed by atoms with Gasteiger partial charge in [0.2, 0.25) is 12.2 Å². The van der Waals surface area contributed by atoms with E-state index in [0.717, 1.165) is 16.7 Å². The monoisotopic (exact) mass is 425 g/mol. The number of ether oxygens (including phenoxy) is 2. The number of hydrogen-bond donors (Lipinski definition) is 0. The summed E-state index contributed by atoms with van der Waals surface area (Å²) in [6, 6.07) is 17.2. The van der Waals surface area contributed by atoms with Gasteiger partial charge in [0.1, 0.15) is 0 Å². The number of ketones is 1. The molecule has 0 radical (unpaired) electrons. The molecule has 0 unspecified atom stereocenters. The highest BCUT2D eigenvalue weighted by Gasteiger charge is 2.22. The highest BCUT2D eigenvalue weighted by Crippen LogP contribution is 2.35. The number of aromatic nitrogens is 1. The van der Waals surface area contributed by atoms with Gasteiger partial charge in [0.15, 0.2) is 17.3 Å². The number of carbonyl (C=O) groups excluding carboxylic acids is 1. The Morgan fingerprint density at radius 2 is 1.62 bits per heavy atom. The summed E-state index contributed by atoms with van der Waals surface area (Å²) >= 11 is 0. The fourth-order valence-corrected chi connectivity index (χ4v) is 4.00. The van der Waals surface area contributed by atoms with E-state index in [2.05, 4.69) is 24.3 Å². The van der Waals surface area contributed by atoms with E-state index in [4.69, 9.17) is 9.47 Å². The molecule has 5 rings (SSSR count). The first-order chi connectivity index (χ1) is 15.4. The van der Waals surface area contributed by atoms with Gasteiger partial charge in [0.05, 0.1) is 16.5 Å². The Bertz CT molecular complexity index is 1430. The summed E-state index contributed by atoms with van der Waals surface area (Å²) in [7, 11) is 0. The first-order valence-electron chi connectivity index (χ1n) is 10.5. The van der Waals surface area contributed by atoms with E-state index in [1.54, 1.807) is 18.3 Å². The minimum absolute atomic E-state index is 0.117. The van der Waals surface area contributed by atoms with Crippen molar-refractivity contribution in [3.63, 3.8) is 0 Å². The normalized spacial score (nSPS) is 12.3. The molecule has 5 nitrogen and oxygen atoms in total. The van der Waals surface area contributed by atoms with Gasteiger partial charge in [-0.3, -0.25) is 9.59 Å². The molecule has 2 heterocycles. The van der Waals surface area contributed by atoms with Crippen molar-refractivity contribution in [1.82, 2.24) is 4.57 Å². The van der Waals surface area contributed by atoms with Gasteiger partial charge in [-0.15, -0.1) is 0 Å². The van der Waals surface area contributed by atoms with Crippen molar-refractivity contribution in [3.8, 4) is 11.5 Å². The maximum Gasteiger partial charge on any atom is 0.231 e. The second-order valence-corrected chi connectivity index (χ2v) is 8.34. The van der Waals surface area contributed by atoms with Crippen molar-refractivity contribution in [2.75, 3.05) is 6.79 Å². The molecule has 0 N–H and O–H groups in total. The van der Waals surface area contributed by atoms with Crippen LogP contribution in [0.25, 0.3) is 10.9 Å². The van der Waals surface area contributed by atoms with Crippen molar-refractivity contribution in [1.29, 1.82) is 0 Å². The van der Waals surface area contributed by atoms with E-state index in [1.807, 2.05) is 43.5 Å². The summed E-state index contributed by atoms with van der Waals surface area (Å²) < 4.78 is 13.0. The maximum atomic E-state index is 13.4. The van der Waals surface area contributed by atoms with Gasteiger partial charge in [-0.1, -0.05) is 42.0 Å². The Kier molecular flexibility index (Phi) is 4.82. The van der Waals surface area contributed by atoms with Crippen LogP contribution in [0.15, 0.2) is 65.6 Å². The Morgan fingerprint density at radius 1 is 0.906 bits per heavy atom. The molecule has 0 bridgehead atoms. The van der Waals surface area contributed by atoms with Gasteiger partial charge in [-0.25, -0.2) is 0 Å². The molecule has 4 aromatic rings. The van der Waals surface area contributed by atoms with Gasteiger partial charge >= 0.3 is 0 Å². The second-order valence-electron chi connectivity index (χ2n) is 8.34. The Hall–Kier alpha value is -3.86. The molecule has 0 saturated carbocycles. The van der Waals surface area contributed by atoms with E-state index >= 15 is 0 Å². The molecular weight excluding hydrogens is 402 g/mol. The fraction of sp³-hybridized carbons (Fsp3) is 0.185. The molecule has 0 aliphatic carbocycles. The van der Waals surface area contributed by atoms with Crippen LogP contribution in [0.4, 0.5) is 0 Å². The van der Waals surface area contributed by atoms with Crippen LogP contribution in [0, 0.1) is 20.8 Å². The lowest BCUT2D eigenvalue weighted by atomic mass is 9.98. The van der Waals surface area contributed by atoms with Crippen LogP contribution in [0.2, 0.25) is 0 Å². The number of fused-ring (bicyclic) bond motifs is 2. The molecule has 1 aliphatic heterocycles. The van der Waals surface area contributed by atoms with Crippen LogP contribution in [0.5, 0.6) is 11.5 Å². The van der Waals surface area contributed by atoms with Crippen LogP contribution in [0.1, 0.15) is 38.2 Å². The SMILES string of the molecule is Cc1ccc(Cn2cc(C(=O)c3ccc(C)c(C)c3)c(=O)c3cc4c(cc32)OCO4)cc1. The van der Waals surface area contributed by atoms with Crippen molar-refractivity contribution in [3.05, 3.63) is 104 Å². The van der Waals surface area contributed by atoms with Gasteiger partial charge in [0.25, 0.3) is 0 Å². The van der Waals surface area contributed by atoms with Crippen LogP contribution in [-0.2, 0) is 6.54 Å². The number of rotatable bonds is 4. The predicted molar refractivity (Wildman–Crippen MR) is 124 cm³/mol. The number of aryl methyl sites for hydroxylation is 3. The maximum absolute atomic E-state index is 13.4. The molecule has 0 atom stereocenters. The zero-order valence-electron chi connectivity index (χ0n) is 18.3. The third-order valence-electron chi connectivity index (χ3n) is 6.06. The summed E-state index contributed by atoms with van der Waals surface area (Å²) in [5, 5.41) is 0.441. The van der Waals surface area contributed by atoms with Crippen molar-refractivity contribution in [2.45, 2.75) is 27.3 Å². The fourth-order valence-electron chi connectivity index (χ4n) is 4.00. The summed E-state index contributed by atoms with van der Waals surface area (Å²) in [6.45, 7) is 6.63. The van der Waals surface area contributed by atoms with Crippen LogP contribution < -0.4 is 14.9 Å². The molecule has 1 aromatic heterocycles. The standard InChI is InChI=1S/C27H23NO4/c1-16-4-7-19(8-5-16)13-28-14-22(26(29)20-9-6-17(2)18(3)10-20)27(30)21-11-24-25(12-23(21)28)32-15-31-24/h4-12,14H,13,15H2,1-3H3. The molecule has 0 saturated heterocycles. The molecule has 0 amide bonds. The lowest BCUT2D eigenvalue weighted by Crippen LogP contribution is -2.20. The van der Waals surface area contributed by atoms with Gasteiger partial charge in [-0.05, 0) is 49.6 Å². The van der Waals surface area contributed by atoms with E-state index in [-0.39, 0.29) is 23.6 Å². The third kappa shape index (κ3) is 3.46. The summed E-state index contributed by atoms with van der Waals surface area (Å²) in [4.78, 5) is 26.8. The minimum atomic E-state index is -0.304. The second kappa shape index (κ2) is 7.68. The van der Waals surface area contributed by atoms with E-state index in [0.29, 0.717) is 34.5 Å². The molecule has 0 spiro atoms. The molecule has 0 fully saturated rings. The molecule has 160 valence electrons. The average Bonchev–Trinajstić information content (AvgIpc) is 3.25. The Morgan fingerprint density at radius 3 is 2.34 bits per heavy atom. The average molecular weight is 425 g/mol. The third-order valence-corrected chi connectivity index (χ3v) is 6.06. The van der Waals surface area contributed by atoms with Crippen molar-refractivity contribution < 1.29 is 14.3 Å². The predicted octanol–water partition coefficient (Wildman–Crippen LogP) is 4.93. The first-order valence-corrected chi connectivity index (χ1v) is 10.5. The lowest BCUT2D eigenvalue weighted by Gasteiger charge is -2.15. The van der Waals surface area contributed by atoms with Crippen LogP contribution in [0.3, 0.4) is 0 Å². The molecule has 3 aromatic carbocycles. The van der Waals surface area contributed by atoms with E-state index < -0.39 is 0 Å². The highest BCUT2D eigenvalue weighted by molar-refractivity contribution is 6.10. The zero-order valence-corrected chi connectivity index (χ0v) is 18.3. The zero-order chi connectivity index (χ0) is 22.4. The van der Waals surface area contributed by atoms with Crippen LogP contribution in [-0.4, -0.2) is 17.1 Å². The minimum Gasteiger partial charge on any atom is -0.454 e. The van der Waals surface area contributed by atoms with Gasteiger partial charge < -0.3 is 14.0 Å². The quantitative estimate of drug-likeness (QED) is 0.435. The molecule has 1 aliphatic rings.